The fourth-order valence-electron chi connectivity index (χ4n) is 10.4. The third kappa shape index (κ3) is 6.80. The highest BCUT2D eigenvalue weighted by molar-refractivity contribution is 6.09. The second kappa shape index (κ2) is 16.6. The monoisotopic (exact) mass is 831 g/mol. The van der Waals surface area contributed by atoms with E-state index in [1.54, 1.807) is 0 Å². The van der Waals surface area contributed by atoms with Gasteiger partial charge in [0.15, 0.2) is 0 Å². The highest BCUT2D eigenvalue weighted by atomic mass is 15.0. The standard InChI is InChI=1S/C32H22.C25H19N.C7H8/c1-21-17-19-22(20-18-21)23-12-8-13-27-26-11-4-7-16-30(26)32(31(23)27)28-14-5-2-9-24(28)25-10-3-6-15-29(25)32;1-18-10-12-19(13-11-18)20-14-16-21(17-15-20)26-24-8-4-2-6-22(24)23-7-3-5-9-25(23)26;1-7-5-3-2-4-6-7/h2-20H,1H3;2-17H,1H3;2-6H,1H3. The first kappa shape index (κ1) is 39.8. The van der Waals surface area contributed by atoms with Crippen LogP contribution in [0, 0.1) is 20.8 Å². The van der Waals surface area contributed by atoms with Crippen LogP contribution in [0.5, 0.6) is 0 Å². The van der Waals surface area contributed by atoms with Gasteiger partial charge in [0.25, 0.3) is 0 Å². The Kier molecular flexibility index (Phi) is 10.2. The van der Waals surface area contributed by atoms with E-state index in [9.17, 15) is 0 Å². The SMILES string of the molecule is Cc1ccc(-c2ccc(-n3c4ccccc4c4ccccc43)cc2)cc1.Cc1ccc(-c2cccc3c2C2(c4ccccc4-c4ccccc42)c2ccccc2-3)cc1.Cc1ccccc1. The van der Waals surface area contributed by atoms with E-state index in [1.165, 1.54) is 111 Å². The lowest BCUT2D eigenvalue weighted by molar-refractivity contribution is 0.796. The van der Waals surface area contributed by atoms with Crippen molar-refractivity contribution in [1.29, 1.82) is 0 Å². The molecule has 10 aromatic carbocycles. The van der Waals surface area contributed by atoms with E-state index in [4.69, 9.17) is 0 Å². The molecule has 0 N–H and O–H groups in total. The predicted molar refractivity (Wildman–Crippen MR) is 275 cm³/mol. The van der Waals surface area contributed by atoms with Crippen LogP contribution in [-0.2, 0) is 5.41 Å². The number of aryl methyl sites for hydroxylation is 3. The molecule has 13 rings (SSSR count). The number of fused-ring (bicyclic) bond motifs is 13. The number of aromatic nitrogens is 1. The highest BCUT2D eigenvalue weighted by Gasteiger charge is 2.52. The fraction of sp³-hybridized carbons (Fsp3) is 0.0625. The van der Waals surface area contributed by atoms with Crippen molar-refractivity contribution >= 4 is 21.8 Å². The van der Waals surface area contributed by atoms with Gasteiger partial charge in [0.2, 0.25) is 0 Å². The first-order valence-corrected chi connectivity index (χ1v) is 22.7. The molecule has 1 aromatic heterocycles. The second-order valence-corrected chi connectivity index (χ2v) is 17.4. The van der Waals surface area contributed by atoms with Crippen LogP contribution >= 0.6 is 0 Å². The minimum absolute atomic E-state index is 0.291. The molecule has 0 radical (unpaired) electrons. The van der Waals surface area contributed by atoms with E-state index in [2.05, 4.69) is 250 Å². The van der Waals surface area contributed by atoms with Crippen molar-refractivity contribution in [3.63, 3.8) is 0 Å². The lowest BCUT2D eigenvalue weighted by Gasteiger charge is -2.32. The van der Waals surface area contributed by atoms with Crippen molar-refractivity contribution < 1.29 is 0 Å². The van der Waals surface area contributed by atoms with Gasteiger partial charge in [-0.1, -0.05) is 235 Å². The van der Waals surface area contributed by atoms with Crippen LogP contribution in [0.4, 0.5) is 0 Å². The Bertz CT molecular complexity index is 3360. The largest absolute Gasteiger partial charge is 0.309 e. The Morgan fingerprint density at radius 2 is 0.646 bits per heavy atom. The van der Waals surface area contributed by atoms with Gasteiger partial charge in [0, 0.05) is 16.5 Å². The number of para-hydroxylation sites is 2. The van der Waals surface area contributed by atoms with E-state index in [0.717, 1.165) is 0 Å². The second-order valence-electron chi connectivity index (χ2n) is 17.4. The summed E-state index contributed by atoms with van der Waals surface area (Å²) in [4.78, 5) is 0. The molecule has 0 aliphatic heterocycles. The van der Waals surface area contributed by atoms with Crippen LogP contribution < -0.4 is 0 Å². The molecule has 0 unspecified atom stereocenters. The Morgan fingerprint density at radius 3 is 1.14 bits per heavy atom. The average molecular weight is 832 g/mol. The number of benzene rings is 10. The molecule has 0 saturated carbocycles. The number of hydrogen-bond donors (Lipinski definition) is 0. The molecular weight excluding hydrogens is 783 g/mol. The van der Waals surface area contributed by atoms with E-state index < -0.39 is 0 Å². The molecule has 0 bridgehead atoms. The van der Waals surface area contributed by atoms with Gasteiger partial charge in [-0.05, 0) is 112 Å². The Balaban J connectivity index is 0.000000128. The van der Waals surface area contributed by atoms with Crippen molar-refractivity contribution in [2.75, 3.05) is 0 Å². The molecule has 0 saturated heterocycles. The summed E-state index contributed by atoms with van der Waals surface area (Å²) in [7, 11) is 0. The van der Waals surface area contributed by atoms with Gasteiger partial charge in [-0.25, -0.2) is 0 Å². The van der Waals surface area contributed by atoms with Crippen LogP contribution in [0.3, 0.4) is 0 Å². The van der Waals surface area contributed by atoms with E-state index in [1.807, 2.05) is 18.2 Å². The smallest absolute Gasteiger partial charge is 0.0731 e. The van der Waals surface area contributed by atoms with Gasteiger partial charge in [-0.3, -0.25) is 0 Å². The molecule has 1 heteroatoms. The van der Waals surface area contributed by atoms with Gasteiger partial charge in [0.05, 0.1) is 16.4 Å². The summed E-state index contributed by atoms with van der Waals surface area (Å²) in [5.74, 6) is 0. The van der Waals surface area contributed by atoms with Crippen LogP contribution in [-0.4, -0.2) is 4.57 Å². The zero-order valence-corrected chi connectivity index (χ0v) is 37.0. The number of hydrogen-bond acceptors (Lipinski definition) is 0. The molecule has 11 aromatic rings. The third-order valence-electron chi connectivity index (χ3n) is 13.4. The van der Waals surface area contributed by atoms with Crippen molar-refractivity contribution in [2.24, 2.45) is 0 Å². The van der Waals surface area contributed by atoms with Crippen molar-refractivity contribution in [3.05, 3.63) is 282 Å². The molecule has 1 heterocycles. The topological polar surface area (TPSA) is 4.93 Å². The van der Waals surface area contributed by atoms with Crippen molar-refractivity contribution in [3.8, 4) is 50.2 Å². The quantitative estimate of drug-likeness (QED) is 0.167. The Labute approximate surface area is 382 Å². The molecule has 0 atom stereocenters. The zero-order valence-electron chi connectivity index (χ0n) is 37.0. The van der Waals surface area contributed by atoms with Gasteiger partial charge in [-0.2, -0.15) is 0 Å². The lowest BCUT2D eigenvalue weighted by Crippen LogP contribution is -2.26. The fourth-order valence-corrected chi connectivity index (χ4v) is 10.4. The van der Waals surface area contributed by atoms with Gasteiger partial charge in [-0.15, -0.1) is 0 Å². The normalized spacial score (nSPS) is 12.4. The van der Waals surface area contributed by atoms with Gasteiger partial charge >= 0.3 is 0 Å². The van der Waals surface area contributed by atoms with Crippen molar-refractivity contribution in [2.45, 2.75) is 26.2 Å². The van der Waals surface area contributed by atoms with Gasteiger partial charge < -0.3 is 4.57 Å². The van der Waals surface area contributed by atoms with Crippen LogP contribution in [0.2, 0.25) is 0 Å². The lowest BCUT2D eigenvalue weighted by atomic mass is 9.68. The Morgan fingerprint density at radius 1 is 0.277 bits per heavy atom. The highest BCUT2D eigenvalue weighted by Crippen LogP contribution is 2.64. The third-order valence-corrected chi connectivity index (χ3v) is 13.4. The predicted octanol–water partition coefficient (Wildman–Crippen LogP) is 16.8. The molecule has 65 heavy (non-hydrogen) atoms. The molecule has 1 spiro atoms. The first-order valence-electron chi connectivity index (χ1n) is 22.7. The molecule has 2 aliphatic rings. The zero-order chi connectivity index (χ0) is 43.9. The number of nitrogens with zero attached hydrogens (tertiary/aromatic N) is 1. The summed E-state index contributed by atoms with van der Waals surface area (Å²) in [5, 5.41) is 2.59. The molecule has 1 nitrogen and oxygen atoms in total. The van der Waals surface area contributed by atoms with Crippen LogP contribution in [0.15, 0.2) is 243 Å². The van der Waals surface area contributed by atoms with Gasteiger partial charge in [0.1, 0.15) is 0 Å². The molecular formula is C64H49N. The summed E-state index contributed by atoms with van der Waals surface area (Å²) in [6.07, 6.45) is 0. The maximum absolute atomic E-state index is 2.35. The molecule has 0 amide bonds. The first-order chi connectivity index (χ1) is 32.0. The summed E-state index contributed by atoms with van der Waals surface area (Å²) in [5.41, 5.74) is 23.4. The molecule has 0 fully saturated rings. The van der Waals surface area contributed by atoms with Crippen molar-refractivity contribution in [1.82, 2.24) is 4.57 Å². The Hall–Kier alpha value is -8.00. The summed E-state index contributed by atoms with van der Waals surface area (Å²) >= 11 is 0. The van der Waals surface area contributed by atoms with Crippen LogP contribution in [0.1, 0.15) is 38.9 Å². The van der Waals surface area contributed by atoms with E-state index in [-0.39, 0.29) is 5.41 Å². The maximum atomic E-state index is 2.35. The average Bonchev–Trinajstić information content (AvgIpc) is 3.97. The van der Waals surface area contributed by atoms with E-state index >= 15 is 0 Å². The maximum Gasteiger partial charge on any atom is 0.0731 e. The minimum atomic E-state index is -0.291. The molecule has 310 valence electrons. The summed E-state index contributed by atoms with van der Waals surface area (Å²) < 4.78 is 2.35. The number of rotatable bonds is 3. The minimum Gasteiger partial charge on any atom is -0.309 e. The van der Waals surface area contributed by atoms with E-state index in [0.29, 0.717) is 0 Å². The summed E-state index contributed by atoms with van der Waals surface area (Å²) in [6.45, 7) is 6.36. The summed E-state index contributed by atoms with van der Waals surface area (Å²) in [6, 6.07) is 87.9. The molecule has 2 aliphatic carbocycles. The van der Waals surface area contributed by atoms with Crippen LogP contribution in [0.25, 0.3) is 72.0 Å².